The summed E-state index contributed by atoms with van der Waals surface area (Å²) >= 11 is 0. The maximum atomic E-state index is 11.7. The fourth-order valence-electron chi connectivity index (χ4n) is 1.49. The molecule has 1 fully saturated rings. The van der Waals surface area contributed by atoms with Crippen LogP contribution in [-0.4, -0.2) is 45.4 Å². The summed E-state index contributed by atoms with van der Waals surface area (Å²) in [4.78, 5) is 0. The fraction of sp³-hybridized carbons (Fsp3) is 1.00. The van der Waals surface area contributed by atoms with Crippen molar-refractivity contribution in [2.45, 2.75) is 25.8 Å². The van der Waals surface area contributed by atoms with Crippen LogP contribution in [0.4, 0.5) is 0 Å². The van der Waals surface area contributed by atoms with Crippen molar-refractivity contribution in [1.29, 1.82) is 0 Å². The van der Waals surface area contributed by atoms with Gasteiger partial charge < -0.3 is 5.32 Å². The van der Waals surface area contributed by atoms with Gasteiger partial charge in [-0.2, -0.15) is 17.4 Å². The fourth-order valence-corrected chi connectivity index (χ4v) is 2.72. The summed E-state index contributed by atoms with van der Waals surface area (Å²) in [6.45, 7) is 4.16. The van der Waals surface area contributed by atoms with Crippen LogP contribution in [0.1, 0.15) is 19.8 Å². The quantitative estimate of drug-likeness (QED) is 0.659. The minimum atomic E-state index is -3.26. The van der Waals surface area contributed by atoms with Crippen LogP contribution >= 0.6 is 0 Å². The lowest BCUT2D eigenvalue weighted by atomic mass is 10.3. The molecule has 1 saturated heterocycles. The monoisotopic (exact) mass is 221 g/mol. The third-order valence-corrected chi connectivity index (χ3v) is 3.96. The van der Waals surface area contributed by atoms with E-state index < -0.39 is 10.2 Å². The Hall–Kier alpha value is -0.170. The molecule has 1 rings (SSSR count). The topological polar surface area (TPSA) is 61.4 Å². The highest BCUT2D eigenvalue weighted by Crippen LogP contribution is 2.02. The minimum absolute atomic E-state index is 0.0549. The van der Waals surface area contributed by atoms with E-state index in [9.17, 15) is 8.42 Å². The van der Waals surface area contributed by atoms with Gasteiger partial charge in [-0.15, -0.1) is 0 Å². The van der Waals surface area contributed by atoms with Crippen molar-refractivity contribution < 1.29 is 8.42 Å². The summed E-state index contributed by atoms with van der Waals surface area (Å²) in [5.74, 6) is 0. The molecule has 0 amide bonds. The lowest BCUT2D eigenvalue weighted by Gasteiger charge is -2.19. The molecule has 2 N–H and O–H groups in total. The van der Waals surface area contributed by atoms with Crippen molar-refractivity contribution >= 4 is 10.2 Å². The molecule has 0 aliphatic carbocycles. The Kier molecular flexibility index (Phi) is 4.31. The van der Waals surface area contributed by atoms with E-state index in [4.69, 9.17) is 0 Å². The molecule has 1 aliphatic rings. The average molecular weight is 221 g/mol. The Morgan fingerprint density at radius 2 is 2.29 bits per heavy atom. The zero-order chi connectivity index (χ0) is 10.6. The summed E-state index contributed by atoms with van der Waals surface area (Å²) in [7, 11) is -1.66. The molecule has 0 aromatic heterocycles. The Morgan fingerprint density at radius 3 is 2.79 bits per heavy atom. The van der Waals surface area contributed by atoms with Crippen molar-refractivity contribution in [3.63, 3.8) is 0 Å². The van der Waals surface area contributed by atoms with Crippen molar-refractivity contribution in [3.05, 3.63) is 0 Å². The van der Waals surface area contributed by atoms with Gasteiger partial charge in [-0.25, -0.2) is 0 Å². The SMILES string of the molecule is CCCN(C)S(=O)(=O)NC1CCNC1. The van der Waals surface area contributed by atoms with Crippen molar-refractivity contribution in [2.24, 2.45) is 0 Å². The van der Waals surface area contributed by atoms with E-state index in [2.05, 4.69) is 10.0 Å². The zero-order valence-corrected chi connectivity index (χ0v) is 9.60. The predicted molar refractivity (Wildman–Crippen MR) is 56.3 cm³/mol. The van der Waals surface area contributed by atoms with Gasteiger partial charge in [0.2, 0.25) is 0 Å². The highest BCUT2D eigenvalue weighted by molar-refractivity contribution is 7.87. The standard InChI is InChI=1S/C8H19N3O2S/c1-3-6-11(2)14(12,13)10-8-4-5-9-7-8/h8-10H,3-7H2,1-2H3. The van der Waals surface area contributed by atoms with E-state index in [1.807, 2.05) is 6.92 Å². The predicted octanol–water partition coefficient (Wildman–Crippen LogP) is -0.475. The van der Waals surface area contributed by atoms with E-state index in [0.29, 0.717) is 6.54 Å². The van der Waals surface area contributed by atoms with Gasteiger partial charge in [0.25, 0.3) is 10.2 Å². The van der Waals surface area contributed by atoms with E-state index in [0.717, 1.165) is 25.9 Å². The molecular formula is C8H19N3O2S. The Labute approximate surface area is 86.0 Å². The molecule has 6 heteroatoms. The molecule has 1 atom stereocenters. The second-order valence-corrected chi connectivity index (χ2v) is 5.44. The van der Waals surface area contributed by atoms with Gasteiger partial charge in [0.15, 0.2) is 0 Å². The van der Waals surface area contributed by atoms with E-state index in [-0.39, 0.29) is 6.04 Å². The number of hydrogen-bond donors (Lipinski definition) is 2. The maximum Gasteiger partial charge on any atom is 0.279 e. The zero-order valence-electron chi connectivity index (χ0n) is 8.78. The molecule has 1 aliphatic heterocycles. The normalized spacial score (nSPS) is 23.2. The highest BCUT2D eigenvalue weighted by atomic mass is 32.2. The van der Waals surface area contributed by atoms with E-state index in [1.54, 1.807) is 7.05 Å². The molecule has 0 aromatic rings. The van der Waals surface area contributed by atoms with Crippen LogP contribution in [0.5, 0.6) is 0 Å². The molecule has 84 valence electrons. The van der Waals surface area contributed by atoms with Gasteiger partial charge in [0.05, 0.1) is 0 Å². The summed E-state index contributed by atoms with van der Waals surface area (Å²) in [6, 6.07) is 0.0549. The molecule has 5 nitrogen and oxygen atoms in total. The molecule has 1 heterocycles. The Morgan fingerprint density at radius 1 is 1.57 bits per heavy atom. The van der Waals surface area contributed by atoms with Crippen molar-refractivity contribution in [1.82, 2.24) is 14.3 Å². The van der Waals surface area contributed by atoms with Crippen LogP contribution in [0.25, 0.3) is 0 Å². The van der Waals surface area contributed by atoms with Gasteiger partial charge in [-0.05, 0) is 19.4 Å². The first kappa shape index (κ1) is 11.9. The van der Waals surface area contributed by atoms with Gasteiger partial charge >= 0.3 is 0 Å². The summed E-state index contributed by atoms with van der Waals surface area (Å²) < 4.78 is 27.4. The van der Waals surface area contributed by atoms with Crippen LogP contribution in [0.3, 0.4) is 0 Å². The molecule has 0 radical (unpaired) electrons. The first-order valence-corrected chi connectivity index (χ1v) is 6.44. The second-order valence-electron chi connectivity index (χ2n) is 3.63. The van der Waals surface area contributed by atoms with Crippen LogP contribution in [0.15, 0.2) is 0 Å². The highest BCUT2D eigenvalue weighted by Gasteiger charge is 2.23. The lowest BCUT2D eigenvalue weighted by Crippen LogP contribution is -2.44. The van der Waals surface area contributed by atoms with Crippen LogP contribution in [0, 0.1) is 0 Å². The number of nitrogens with zero attached hydrogens (tertiary/aromatic N) is 1. The number of hydrogen-bond acceptors (Lipinski definition) is 3. The smallest absolute Gasteiger partial charge is 0.279 e. The second kappa shape index (κ2) is 5.06. The minimum Gasteiger partial charge on any atom is -0.315 e. The first-order chi connectivity index (χ1) is 6.56. The molecule has 14 heavy (non-hydrogen) atoms. The van der Waals surface area contributed by atoms with Crippen LogP contribution in [-0.2, 0) is 10.2 Å². The third-order valence-electron chi connectivity index (χ3n) is 2.32. The summed E-state index contributed by atoms with van der Waals surface area (Å²) in [6.07, 6.45) is 1.71. The number of nitrogens with one attached hydrogen (secondary N) is 2. The molecule has 1 unspecified atom stereocenters. The van der Waals surface area contributed by atoms with E-state index >= 15 is 0 Å². The summed E-state index contributed by atoms with van der Waals surface area (Å²) in [5.41, 5.74) is 0. The van der Waals surface area contributed by atoms with Crippen LogP contribution in [0.2, 0.25) is 0 Å². The van der Waals surface area contributed by atoms with Gasteiger partial charge in [-0.3, -0.25) is 0 Å². The lowest BCUT2D eigenvalue weighted by molar-refractivity contribution is 0.448. The van der Waals surface area contributed by atoms with E-state index in [1.165, 1.54) is 4.31 Å². The molecule has 0 spiro atoms. The average Bonchev–Trinajstić information content (AvgIpc) is 2.56. The maximum absolute atomic E-state index is 11.7. The third kappa shape index (κ3) is 3.20. The molecular weight excluding hydrogens is 202 g/mol. The van der Waals surface area contributed by atoms with Crippen molar-refractivity contribution in [3.8, 4) is 0 Å². The van der Waals surface area contributed by atoms with Crippen LogP contribution < -0.4 is 10.0 Å². The first-order valence-electron chi connectivity index (χ1n) is 5.00. The largest absolute Gasteiger partial charge is 0.315 e. The summed E-state index contributed by atoms with van der Waals surface area (Å²) in [5, 5.41) is 3.12. The van der Waals surface area contributed by atoms with Gasteiger partial charge in [0, 0.05) is 26.2 Å². The van der Waals surface area contributed by atoms with Crippen molar-refractivity contribution in [2.75, 3.05) is 26.7 Å². The molecule has 0 saturated carbocycles. The van der Waals surface area contributed by atoms with Gasteiger partial charge in [-0.1, -0.05) is 6.92 Å². The Balaban J connectivity index is 2.47. The number of rotatable bonds is 5. The Bertz CT molecular complexity index is 260. The molecule has 0 bridgehead atoms. The molecule has 0 aromatic carbocycles. The van der Waals surface area contributed by atoms with Gasteiger partial charge in [0.1, 0.15) is 0 Å².